The molecule has 120 valence electrons. The minimum absolute atomic E-state index is 0.251. The molecule has 22 heavy (non-hydrogen) atoms. The molecule has 0 aromatic carbocycles. The molecule has 3 heterocycles. The second-order valence-corrected chi connectivity index (χ2v) is 6.13. The lowest BCUT2D eigenvalue weighted by molar-refractivity contribution is 0.107. The van der Waals surface area contributed by atoms with E-state index in [9.17, 15) is 5.11 Å². The molecule has 0 saturated carbocycles. The van der Waals surface area contributed by atoms with Gasteiger partial charge < -0.3 is 15.4 Å². The Balaban J connectivity index is 1.75. The lowest BCUT2D eigenvalue weighted by atomic mass is 9.86. The highest BCUT2D eigenvalue weighted by molar-refractivity contribution is 5.80. The fourth-order valence-corrected chi connectivity index (χ4v) is 3.58. The molecule has 3 N–H and O–H groups in total. The average Bonchev–Trinajstić information content (AvgIpc) is 3.07. The van der Waals surface area contributed by atoms with Crippen molar-refractivity contribution in [2.24, 2.45) is 11.8 Å². The van der Waals surface area contributed by atoms with Gasteiger partial charge in [-0.3, -0.25) is 4.90 Å². The Bertz CT molecular complexity index is 638. The van der Waals surface area contributed by atoms with E-state index in [0.717, 1.165) is 25.0 Å². The van der Waals surface area contributed by atoms with Crippen LogP contribution < -0.4 is 5.73 Å². The first-order valence-corrected chi connectivity index (χ1v) is 7.95. The Labute approximate surface area is 130 Å². The molecular formula is C15H24N6O. The number of likely N-dealkylation sites (tertiary alicyclic amines) is 1. The highest BCUT2D eigenvalue weighted by atomic mass is 16.3. The first-order valence-electron chi connectivity index (χ1n) is 7.95. The molecule has 7 nitrogen and oxygen atoms in total. The summed E-state index contributed by atoms with van der Waals surface area (Å²) in [4.78, 5) is 14.8. The normalized spacial score (nSPS) is 22.9. The second-order valence-electron chi connectivity index (χ2n) is 6.13. The van der Waals surface area contributed by atoms with Gasteiger partial charge >= 0.3 is 0 Å². The smallest absolute Gasteiger partial charge is 0.166 e. The summed E-state index contributed by atoms with van der Waals surface area (Å²) in [6.07, 6.45) is 5.18. The van der Waals surface area contributed by atoms with E-state index in [2.05, 4.69) is 33.7 Å². The van der Waals surface area contributed by atoms with Crippen molar-refractivity contribution in [3.8, 4) is 0 Å². The average molecular weight is 304 g/mol. The zero-order valence-corrected chi connectivity index (χ0v) is 13.2. The molecule has 0 amide bonds. The van der Waals surface area contributed by atoms with Gasteiger partial charge in [-0.1, -0.05) is 26.7 Å². The molecule has 1 aliphatic heterocycles. The van der Waals surface area contributed by atoms with E-state index in [1.54, 1.807) is 6.33 Å². The number of aromatic nitrogens is 4. The van der Waals surface area contributed by atoms with Crippen LogP contribution in [0.25, 0.3) is 11.2 Å². The fourth-order valence-electron chi connectivity index (χ4n) is 3.58. The standard InChI is InChI=1S/C15H24N6O/c1-3-10(4-2)11-5-20(6-12(11)22)9-21-8-19-13-14(16)17-7-18-15(13)21/h7-8,10-12,22H,3-6,9H2,1-2H3,(H2,16,17,18)/t11-,12+/m1/s1. The molecule has 0 bridgehead atoms. The Kier molecular flexibility index (Phi) is 4.26. The fraction of sp³-hybridized carbons (Fsp3) is 0.667. The number of aliphatic hydroxyl groups excluding tert-OH is 1. The Hall–Kier alpha value is -1.73. The van der Waals surface area contributed by atoms with E-state index in [1.807, 2.05) is 4.57 Å². The molecule has 1 fully saturated rings. The van der Waals surface area contributed by atoms with Crippen LogP contribution in [0.4, 0.5) is 5.82 Å². The Morgan fingerprint density at radius 3 is 2.77 bits per heavy atom. The Morgan fingerprint density at radius 2 is 2.05 bits per heavy atom. The van der Waals surface area contributed by atoms with E-state index in [4.69, 9.17) is 5.73 Å². The highest BCUT2D eigenvalue weighted by Gasteiger charge is 2.35. The number of hydrogen-bond donors (Lipinski definition) is 2. The Morgan fingerprint density at radius 1 is 1.27 bits per heavy atom. The van der Waals surface area contributed by atoms with E-state index in [-0.39, 0.29) is 6.10 Å². The number of hydrogen-bond acceptors (Lipinski definition) is 6. The molecular weight excluding hydrogens is 280 g/mol. The van der Waals surface area contributed by atoms with Gasteiger partial charge in [-0.2, -0.15) is 0 Å². The van der Waals surface area contributed by atoms with Crippen LogP contribution in [0.15, 0.2) is 12.7 Å². The van der Waals surface area contributed by atoms with Gasteiger partial charge in [0.25, 0.3) is 0 Å². The number of β-amino-alcohol motifs (C(OH)–C–C–N with tert-alkyl or cyclic N) is 1. The van der Waals surface area contributed by atoms with Gasteiger partial charge in [-0.05, 0) is 5.92 Å². The summed E-state index contributed by atoms with van der Waals surface area (Å²) in [5.74, 6) is 1.34. The van der Waals surface area contributed by atoms with Crippen molar-refractivity contribution < 1.29 is 5.11 Å². The number of imidazole rings is 1. The number of nitrogens with two attached hydrogens (primary N) is 1. The topological polar surface area (TPSA) is 93.1 Å². The van der Waals surface area contributed by atoms with Crippen LogP contribution in [0, 0.1) is 11.8 Å². The maximum atomic E-state index is 10.4. The molecule has 2 atom stereocenters. The molecule has 1 aliphatic rings. The zero-order valence-electron chi connectivity index (χ0n) is 13.2. The summed E-state index contributed by atoms with van der Waals surface area (Å²) in [5, 5.41) is 10.4. The first kappa shape index (κ1) is 15.2. The SMILES string of the molecule is CCC(CC)[C@H]1CN(Cn2cnc3c(N)ncnc32)C[C@@H]1O. The van der Waals surface area contributed by atoms with Crippen LogP contribution in [-0.2, 0) is 6.67 Å². The van der Waals surface area contributed by atoms with Crippen molar-refractivity contribution in [3.05, 3.63) is 12.7 Å². The summed E-state index contributed by atoms with van der Waals surface area (Å²) in [7, 11) is 0. The third-order valence-electron chi connectivity index (χ3n) is 4.84. The monoisotopic (exact) mass is 304 g/mol. The number of nitrogen functional groups attached to an aromatic ring is 1. The molecule has 0 unspecified atom stereocenters. The molecule has 2 aromatic heterocycles. The van der Waals surface area contributed by atoms with Crippen molar-refractivity contribution in [2.75, 3.05) is 18.8 Å². The summed E-state index contributed by atoms with van der Waals surface area (Å²) in [5.41, 5.74) is 7.20. The summed E-state index contributed by atoms with van der Waals surface area (Å²) in [6.45, 7) is 6.68. The van der Waals surface area contributed by atoms with E-state index in [0.29, 0.717) is 36.4 Å². The molecule has 1 saturated heterocycles. The molecule has 7 heteroatoms. The van der Waals surface area contributed by atoms with Gasteiger partial charge in [0.15, 0.2) is 11.5 Å². The van der Waals surface area contributed by atoms with E-state index in [1.165, 1.54) is 6.33 Å². The third kappa shape index (κ3) is 2.66. The molecule has 2 aromatic rings. The largest absolute Gasteiger partial charge is 0.391 e. The summed E-state index contributed by atoms with van der Waals surface area (Å²) in [6, 6.07) is 0. The van der Waals surface area contributed by atoms with Crippen molar-refractivity contribution in [2.45, 2.75) is 39.5 Å². The van der Waals surface area contributed by atoms with Crippen LogP contribution >= 0.6 is 0 Å². The minimum atomic E-state index is -0.251. The maximum absolute atomic E-state index is 10.4. The number of rotatable bonds is 5. The third-order valence-corrected chi connectivity index (χ3v) is 4.84. The summed E-state index contributed by atoms with van der Waals surface area (Å²) >= 11 is 0. The number of fused-ring (bicyclic) bond motifs is 1. The van der Waals surface area contributed by atoms with Crippen LogP contribution in [-0.4, -0.2) is 48.7 Å². The first-order chi connectivity index (χ1) is 10.6. The van der Waals surface area contributed by atoms with Gasteiger partial charge in [0.2, 0.25) is 0 Å². The lowest BCUT2D eigenvalue weighted by Crippen LogP contribution is -2.25. The van der Waals surface area contributed by atoms with Gasteiger partial charge in [0.05, 0.1) is 19.1 Å². The zero-order chi connectivity index (χ0) is 15.7. The van der Waals surface area contributed by atoms with Gasteiger partial charge in [-0.25, -0.2) is 15.0 Å². The number of anilines is 1. The van der Waals surface area contributed by atoms with E-state index < -0.39 is 0 Å². The van der Waals surface area contributed by atoms with Crippen LogP contribution in [0.5, 0.6) is 0 Å². The van der Waals surface area contributed by atoms with Crippen LogP contribution in [0.1, 0.15) is 26.7 Å². The molecule has 0 aliphatic carbocycles. The van der Waals surface area contributed by atoms with Crippen molar-refractivity contribution in [1.82, 2.24) is 24.4 Å². The van der Waals surface area contributed by atoms with Gasteiger partial charge in [-0.15, -0.1) is 0 Å². The number of aliphatic hydroxyl groups is 1. The second kappa shape index (κ2) is 6.18. The van der Waals surface area contributed by atoms with Crippen molar-refractivity contribution in [1.29, 1.82) is 0 Å². The predicted molar refractivity (Wildman–Crippen MR) is 84.9 cm³/mol. The highest BCUT2D eigenvalue weighted by Crippen LogP contribution is 2.29. The molecule has 0 spiro atoms. The predicted octanol–water partition coefficient (Wildman–Crippen LogP) is 1.09. The van der Waals surface area contributed by atoms with Crippen molar-refractivity contribution >= 4 is 17.0 Å². The quantitative estimate of drug-likeness (QED) is 0.859. The van der Waals surface area contributed by atoms with Crippen LogP contribution in [0.3, 0.4) is 0 Å². The van der Waals surface area contributed by atoms with Crippen LogP contribution in [0.2, 0.25) is 0 Å². The number of nitrogens with zero attached hydrogens (tertiary/aromatic N) is 5. The summed E-state index contributed by atoms with van der Waals surface area (Å²) < 4.78 is 1.97. The van der Waals surface area contributed by atoms with Gasteiger partial charge in [0, 0.05) is 19.0 Å². The lowest BCUT2D eigenvalue weighted by Gasteiger charge is -2.23. The molecule has 3 rings (SSSR count). The van der Waals surface area contributed by atoms with Crippen molar-refractivity contribution in [3.63, 3.8) is 0 Å². The van der Waals surface area contributed by atoms with E-state index >= 15 is 0 Å². The molecule has 0 radical (unpaired) electrons. The minimum Gasteiger partial charge on any atom is -0.391 e. The maximum Gasteiger partial charge on any atom is 0.166 e. The van der Waals surface area contributed by atoms with Gasteiger partial charge in [0.1, 0.15) is 11.8 Å².